The van der Waals surface area contributed by atoms with E-state index < -0.39 is 0 Å². The van der Waals surface area contributed by atoms with E-state index in [1.165, 1.54) is 0 Å². The quantitative estimate of drug-likeness (QED) is 0.589. The van der Waals surface area contributed by atoms with Crippen LogP contribution in [0.4, 0.5) is 11.5 Å². The van der Waals surface area contributed by atoms with Gasteiger partial charge in [-0.25, -0.2) is 4.98 Å². The molecule has 0 aliphatic heterocycles. The van der Waals surface area contributed by atoms with Crippen LogP contribution in [0.3, 0.4) is 0 Å². The van der Waals surface area contributed by atoms with Crippen LogP contribution in [-0.4, -0.2) is 37.0 Å². The number of amides is 1. The summed E-state index contributed by atoms with van der Waals surface area (Å²) in [6.45, 7) is 0. The summed E-state index contributed by atoms with van der Waals surface area (Å²) in [7, 11) is 0. The minimum Gasteiger partial charge on any atom is -0.349 e. The Morgan fingerprint density at radius 3 is 2.69 bits per heavy atom. The third kappa shape index (κ3) is 2.61. The first-order chi connectivity index (χ1) is 12.8. The number of benzene rings is 2. The molecule has 0 bridgehead atoms. The molecule has 5 rings (SSSR count). The summed E-state index contributed by atoms with van der Waals surface area (Å²) in [5.41, 5.74) is 3.61. The zero-order valence-corrected chi connectivity index (χ0v) is 13.8. The fraction of sp³-hybridized carbons (Fsp3) is 0.167. The molecule has 2 heterocycles. The number of carbonyl (C=O) groups is 1. The predicted octanol–water partition coefficient (Wildman–Crippen LogP) is 2.31. The highest BCUT2D eigenvalue weighted by Gasteiger charge is 2.23. The molecule has 0 radical (unpaired) electrons. The number of rotatable bonds is 4. The Morgan fingerprint density at radius 1 is 1.08 bits per heavy atom. The lowest BCUT2D eigenvalue weighted by Gasteiger charge is -2.09. The molecule has 1 saturated carbocycles. The van der Waals surface area contributed by atoms with E-state index in [1.54, 1.807) is 16.6 Å². The topological polar surface area (TPSA) is 97.1 Å². The van der Waals surface area contributed by atoms with Gasteiger partial charge < -0.3 is 10.6 Å². The van der Waals surface area contributed by atoms with E-state index in [9.17, 15) is 4.79 Å². The molecule has 4 aromatic rings. The summed E-state index contributed by atoms with van der Waals surface area (Å²) in [4.78, 5) is 16.7. The van der Waals surface area contributed by atoms with Gasteiger partial charge in [-0.05, 0) is 59.7 Å². The van der Waals surface area contributed by atoms with E-state index in [2.05, 4.69) is 31.1 Å². The molecule has 2 aromatic carbocycles. The van der Waals surface area contributed by atoms with Gasteiger partial charge in [-0.1, -0.05) is 12.1 Å². The lowest BCUT2D eigenvalue weighted by molar-refractivity contribution is 0.0951. The first-order valence-electron chi connectivity index (χ1n) is 8.43. The van der Waals surface area contributed by atoms with Crippen molar-refractivity contribution in [3.8, 4) is 0 Å². The predicted molar refractivity (Wildman–Crippen MR) is 96.3 cm³/mol. The number of anilines is 2. The number of hydrogen-bond donors (Lipinski definition) is 2. The summed E-state index contributed by atoms with van der Waals surface area (Å²) in [5, 5.41) is 18.1. The molecule has 128 valence electrons. The lowest BCUT2D eigenvalue weighted by Crippen LogP contribution is -2.25. The largest absolute Gasteiger partial charge is 0.349 e. The Hall–Kier alpha value is -3.55. The fourth-order valence-electron chi connectivity index (χ4n) is 2.83. The second-order valence-electron chi connectivity index (χ2n) is 6.31. The van der Waals surface area contributed by atoms with Crippen molar-refractivity contribution in [2.24, 2.45) is 0 Å². The van der Waals surface area contributed by atoms with Crippen LogP contribution in [0, 0.1) is 0 Å². The van der Waals surface area contributed by atoms with E-state index in [0.717, 1.165) is 29.6 Å². The Bertz CT molecular complexity index is 1120. The zero-order chi connectivity index (χ0) is 17.5. The molecule has 1 fully saturated rings. The van der Waals surface area contributed by atoms with E-state index in [-0.39, 0.29) is 5.91 Å². The van der Waals surface area contributed by atoms with Gasteiger partial charge in [-0.3, -0.25) is 4.79 Å². The van der Waals surface area contributed by atoms with Crippen molar-refractivity contribution in [2.45, 2.75) is 18.9 Å². The molecule has 1 amide bonds. The van der Waals surface area contributed by atoms with Crippen molar-refractivity contribution in [3.05, 3.63) is 54.1 Å². The van der Waals surface area contributed by atoms with Crippen LogP contribution < -0.4 is 10.6 Å². The Morgan fingerprint density at radius 2 is 1.88 bits per heavy atom. The lowest BCUT2D eigenvalue weighted by atomic mass is 10.2. The van der Waals surface area contributed by atoms with Crippen molar-refractivity contribution in [2.75, 3.05) is 5.32 Å². The number of tetrazole rings is 1. The maximum absolute atomic E-state index is 12.1. The second-order valence-corrected chi connectivity index (χ2v) is 6.31. The van der Waals surface area contributed by atoms with Gasteiger partial charge in [0.15, 0.2) is 5.82 Å². The van der Waals surface area contributed by atoms with Gasteiger partial charge in [0.2, 0.25) is 5.65 Å². The van der Waals surface area contributed by atoms with Gasteiger partial charge >= 0.3 is 0 Å². The van der Waals surface area contributed by atoms with Gasteiger partial charge in [0, 0.05) is 17.3 Å². The third-order valence-corrected chi connectivity index (χ3v) is 4.35. The molecular formula is C18H15N7O. The van der Waals surface area contributed by atoms with Crippen LogP contribution in [0.1, 0.15) is 23.2 Å². The zero-order valence-electron chi connectivity index (χ0n) is 13.8. The highest BCUT2D eigenvalue weighted by atomic mass is 16.1. The molecule has 8 heteroatoms. The molecule has 2 aromatic heterocycles. The number of nitrogens with zero attached hydrogens (tertiary/aromatic N) is 5. The van der Waals surface area contributed by atoms with Gasteiger partial charge in [0.1, 0.15) is 0 Å². The minimum atomic E-state index is -0.0353. The number of carbonyl (C=O) groups excluding carboxylic acids is 1. The van der Waals surface area contributed by atoms with Crippen molar-refractivity contribution in [1.29, 1.82) is 0 Å². The monoisotopic (exact) mass is 345 g/mol. The number of hydrogen-bond acceptors (Lipinski definition) is 6. The van der Waals surface area contributed by atoms with Gasteiger partial charge in [0.25, 0.3) is 5.91 Å². The molecule has 0 spiro atoms. The minimum absolute atomic E-state index is 0.0353. The third-order valence-electron chi connectivity index (χ3n) is 4.35. The van der Waals surface area contributed by atoms with E-state index in [1.807, 2.05) is 36.4 Å². The molecule has 1 aliphatic rings. The highest BCUT2D eigenvalue weighted by molar-refractivity contribution is 5.95. The van der Waals surface area contributed by atoms with Crippen molar-refractivity contribution < 1.29 is 4.79 Å². The molecule has 0 atom stereocenters. The van der Waals surface area contributed by atoms with E-state index >= 15 is 0 Å². The fourth-order valence-corrected chi connectivity index (χ4v) is 2.83. The number of nitrogens with one attached hydrogen (secondary N) is 2. The molecule has 2 N–H and O–H groups in total. The van der Waals surface area contributed by atoms with Crippen molar-refractivity contribution in [3.63, 3.8) is 0 Å². The first-order valence-corrected chi connectivity index (χ1v) is 8.43. The Labute approximate surface area is 148 Å². The summed E-state index contributed by atoms with van der Waals surface area (Å²) in [6.07, 6.45) is 2.14. The van der Waals surface area contributed by atoms with Crippen molar-refractivity contribution >= 4 is 34.1 Å². The van der Waals surface area contributed by atoms with Crippen molar-refractivity contribution in [1.82, 2.24) is 30.3 Å². The molecule has 0 saturated heterocycles. The maximum atomic E-state index is 12.1. The molecule has 1 aliphatic carbocycles. The normalized spacial score (nSPS) is 13.8. The SMILES string of the molecule is O=C(NC1CC1)c1ccc(Nc2nc3ccccc3n3nnnc23)cc1. The van der Waals surface area contributed by atoms with Crippen LogP contribution >= 0.6 is 0 Å². The van der Waals surface area contributed by atoms with Crippen LogP contribution in [0.2, 0.25) is 0 Å². The van der Waals surface area contributed by atoms with Gasteiger partial charge in [-0.2, -0.15) is 4.52 Å². The second kappa shape index (κ2) is 5.76. The van der Waals surface area contributed by atoms with Crippen LogP contribution in [0.15, 0.2) is 48.5 Å². The van der Waals surface area contributed by atoms with Gasteiger partial charge in [-0.15, -0.1) is 5.10 Å². The smallest absolute Gasteiger partial charge is 0.251 e. The summed E-state index contributed by atoms with van der Waals surface area (Å²) >= 11 is 0. The molecule has 0 unspecified atom stereocenters. The van der Waals surface area contributed by atoms with E-state index in [4.69, 9.17) is 0 Å². The Kier molecular flexibility index (Phi) is 3.27. The Balaban J connectivity index is 1.46. The number of para-hydroxylation sites is 2. The molecule has 26 heavy (non-hydrogen) atoms. The van der Waals surface area contributed by atoms with Crippen LogP contribution in [0.25, 0.3) is 16.7 Å². The van der Waals surface area contributed by atoms with Crippen LogP contribution in [0.5, 0.6) is 0 Å². The average molecular weight is 345 g/mol. The summed E-state index contributed by atoms with van der Waals surface area (Å²) < 4.78 is 1.65. The standard InChI is InChI=1S/C18H15N7O/c26-18(20-13-9-10-13)11-5-7-12(8-6-11)19-16-17-22-23-24-25(17)15-4-2-1-3-14(15)21-16/h1-8,13H,9-10H2,(H,19,21)(H,20,26). The maximum Gasteiger partial charge on any atom is 0.251 e. The number of fused-ring (bicyclic) bond motifs is 3. The molecular weight excluding hydrogens is 330 g/mol. The van der Waals surface area contributed by atoms with E-state index in [0.29, 0.717) is 23.1 Å². The van der Waals surface area contributed by atoms with Gasteiger partial charge in [0.05, 0.1) is 11.0 Å². The average Bonchev–Trinajstić information content (AvgIpc) is 3.33. The highest BCUT2D eigenvalue weighted by Crippen LogP contribution is 2.23. The summed E-state index contributed by atoms with van der Waals surface area (Å²) in [5.74, 6) is 0.524. The molecule has 8 nitrogen and oxygen atoms in total. The summed E-state index contributed by atoms with van der Waals surface area (Å²) in [6, 6.07) is 15.3. The first kappa shape index (κ1) is 14.8. The number of aromatic nitrogens is 5. The van der Waals surface area contributed by atoms with Crippen LogP contribution in [-0.2, 0) is 0 Å².